The van der Waals surface area contributed by atoms with Crippen LogP contribution in [0.15, 0.2) is 36.4 Å². The summed E-state index contributed by atoms with van der Waals surface area (Å²) in [6, 6.07) is 9.82. The number of hydrogen-bond donors (Lipinski definition) is 1. The molecule has 0 aliphatic carbocycles. The van der Waals surface area contributed by atoms with Crippen molar-refractivity contribution in [2.24, 2.45) is 0 Å². The molecule has 0 aliphatic heterocycles. The van der Waals surface area contributed by atoms with Crippen molar-refractivity contribution in [2.45, 2.75) is 6.92 Å². The van der Waals surface area contributed by atoms with Crippen molar-refractivity contribution in [1.29, 1.82) is 0 Å². The van der Waals surface area contributed by atoms with E-state index in [4.69, 9.17) is 14.2 Å². The van der Waals surface area contributed by atoms with Gasteiger partial charge in [-0.25, -0.2) is 0 Å². The third kappa shape index (κ3) is 3.65. The van der Waals surface area contributed by atoms with Crippen LogP contribution in [0.3, 0.4) is 0 Å². The van der Waals surface area contributed by atoms with E-state index in [1.807, 2.05) is 0 Å². The lowest BCUT2D eigenvalue weighted by atomic mass is 10.0. The van der Waals surface area contributed by atoms with E-state index in [0.29, 0.717) is 34.1 Å². The van der Waals surface area contributed by atoms with Crippen molar-refractivity contribution < 1.29 is 23.8 Å². The monoisotopic (exact) mass is 329 g/mol. The molecule has 0 unspecified atom stereocenters. The fourth-order valence-corrected chi connectivity index (χ4v) is 2.28. The fourth-order valence-electron chi connectivity index (χ4n) is 2.28. The molecule has 0 spiro atoms. The zero-order chi connectivity index (χ0) is 17.7. The lowest BCUT2D eigenvalue weighted by Gasteiger charge is -2.12. The van der Waals surface area contributed by atoms with Gasteiger partial charge in [-0.3, -0.25) is 9.59 Å². The minimum Gasteiger partial charge on any atom is -0.497 e. The molecule has 2 aromatic rings. The van der Waals surface area contributed by atoms with Gasteiger partial charge < -0.3 is 19.5 Å². The lowest BCUT2D eigenvalue weighted by molar-refractivity contribution is -0.114. The highest BCUT2D eigenvalue weighted by Gasteiger charge is 2.17. The number of hydrogen-bond acceptors (Lipinski definition) is 5. The fraction of sp³-hybridized carbons (Fsp3) is 0.222. The van der Waals surface area contributed by atoms with Gasteiger partial charge in [-0.05, 0) is 30.3 Å². The van der Waals surface area contributed by atoms with Gasteiger partial charge in [0.1, 0.15) is 17.2 Å². The summed E-state index contributed by atoms with van der Waals surface area (Å²) in [5.74, 6) is 1.00. The summed E-state index contributed by atoms with van der Waals surface area (Å²) in [4.78, 5) is 24.1. The zero-order valence-corrected chi connectivity index (χ0v) is 14.0. The standard InChI is InChI=1S/C18H19NO5/c1-11(20)19-15-9-12(5-8-16(15)23-3)18(21)14-7-6-13(22-2)10-17(14)24-4/h5-10H,1-4H3,(H,19,20). The molecule has 0 fully saturated rings. The van der Waals surface area contributed by atoms with Crippen molar-refractivity contribution in [2.75, 3.05) is 26.6 Å². The van der Waals surface area contributed by atoms with Gasteiger partial charge in [0.05, 0.1) is 32.6 Å². The molecule has 0 bridgehead atoms. The quantitative estimate of drug-likeness (QED) is 0.825. The average Bonchev–Trinajstić information content (AvgIpc) is 2.59. The third-order valence-electron chi connectivity index (χ3n) is 3.43. The molecule has 6 nitrogen and oxygen atoms in total. The molecule has 24 heavy (non-hydrogen) atoms. The van der Waals surface area contributed by atoms with Crippen LogP contribution in [-0.2, 0) is 4.79 Å². The zero-order valence-electron chi connectivity index (χ0n) is 14.0. The maximum absolute atomic E-state index is 12.8. The second-order valence-electron chi connectivity index (χ2n) is 4.99. The Balaban J connectivity index is 2.44. The van der Waals surface area contributed by atoms with Crippen LogP contribution in [0.1, 0.15) is 22.8 Å². The lowest BCUT2D eigenvalue weighted by Crippen LogP contribution is -2.09. The molecule has 0 saturated heterocycles. The molecule has 0 heterocycles. The van der Waals surface area contributed by atoms with E-state index in [1.54, 1.807) is 43.5 Å². The number of carbonyl (C=O) groups excluding carboxylic acids is 2. The number of methoxy groups -OCH3 is 3. The summed E-state index contributed by atoms with van der Waals surface area (Å²) in [6.07, 6.45) is 0. The van der Waals surface area contributed by atoms with Crippen molar-refractivity contribution in [3.05, 3.63) is 47.5 Å². The number of rotatable bonds is 6. The molecule has 6 heteroatoms. The van der Waals surface area contributed by atoms with E-state index < -0.39 is 0 Å². The van der Waals surface area contributed by atoms with Gasteiger partial charge in [0.25, 0.3) is 0 Å². The Kier molecular flexibility index (Phi) is 5.42. The van der Waals surface area contributed by atoms with Crippen LogP contribution >= 0.6 is 0 Å². The van der Waals surface area contributed by atoms with Gasteiger partial charge in [-0.15, -0.1) is 0 Å². The maximum atomic E-state index is 12.8. The van der Waals surface area contributed by atoms with Crippen molar-refractivity contribution >= 4 is 17.4 Å². The SMILES string of the molecule is COc1ccc(C(=O)c2ccc(OC)c(NC(C)=O)c2)c(OC)c1. The van der Waals surface area contributed by atoms with Crippen LogP contribution in [0.4, 0.5) is 5.69 Å². The second-order valence-corrected chi connectivity index (χ2v) is 4.99. The topological polar surface area (TPSA) is 73.9 Å². The largest absolute Gasteiger partial charge is 0.497 e. The van der Waals surface area contributed by atoms with Gasteiger partial charge >= 0.3 is 0 Å². The molecule has 1 amide bonds. The highest BCUT2D eigenvalue weighted by Crippen LogP contribution is 2.30. The highest BCUT2D eigenvalue weighted by molar-refractivity contribution is 6.11. The summed E-state index contributed by atoms with van der Waals surface area (Å²) in [7, 11) is 4.52. The van der Waals surface area contributed by atoms with Gasteiger partial charge in [0.2, 0.25) is 5.91 Å². The molecule has 1 N–H and O–H groups in total. The molecule has 0 saturated carbocycles. The van der Waals surface area contributed by atoms with E-state index in [-0.39, 0.29) is 11.7 Å². The van der Waals surface area contributed by atoms with Crippen LogP contribution in [0.25, 0.3) is 0 Å². The number of benzene rings is 2. The Labute approximate surface area is 140 Å². The molecule has 126 valence electrons. The first-order valence-corrected chi connectivity index (χ1v) is 7.22. The molecule has 0 atom stereocenters. The summed E-state index contributed by atoms with van der Waals surface area (Å²) < 4.78 is 15.6. The van der Waals surface area contributed by atoms with E-state index >= 15 is 0 Å². The number of nitrogens with one attached hydrogen (secondary N) is 1. The Bertz CT molecular complexity index is 770. The molecule has 2 aromatic carbocycles. The Morgan fingerprint density at radius 1 is 0.875 bits per heavy atom. The van der Waals surface area contributed by atoms with Crippen LogP contribution in [0, 0.1) is 0 Å². The van der Waals surface area contributed by atoms with E-state index in [0.717, 1.165) is 0 Å². The van der Waals surface area contributed by atoms with Crippen LogP contribution in [-0.4, -0.2) is 33.0 Å². The predicted octanol–water partition coefficient (Wildman–Crippen LogP) is 2.90. The van der Waals surface area contributed by atoms with E-state index in [2.05, 4.69) is 5.32 Å². The molecule has 0 aromatic heterocycles. The predicted molar refractivity (Wildman–Crippen MR) is 90.3 cm³/mol. The summed E-state index contributed by atoms with van der Waals surface area (Å²) >= 11 is 0. The first-order valence-electron chi connectivity index (χ1n) is 7.22. The van der Waals surface area contributed by atoms with E-state index in [9.17, 15) is 9.59 Å². The average molecular weight is 329 g/mol. The number of anilines is 1. The number of amides is 1. The van der Waals surface area contributed by atoms with Crippen molar-refractivity contribution in [1.82, 2.24) is 0 Å². The van der Waals surface area contributed by atoms with E-state index in [1.165, 1.54) is 21.1 Å². The van der Waals surface area contributed by atoms with Gasteiger partial charge in [-0.2, -0.15) is 0 Å². The highest BCUT2D eigenvalue weighted by atomic mass is 16.5. The molecular weight excluding hydrogens is 310 g/mol. The minimum absolute atomic E-state index is 0.233. The van der Waals surface area contributed by atoms with Crippen LogP contribution in [0.2, 0.25) is 0 Å². The molecule has 0 radical (unpaired) electrons. The third-order valence-corrected chi connectivity index (χ3v) is 3.43. The number of carbonyl (C=O) groups is 2. The van der Waals surface area contributed by atoms with Crippen LogP contribution < -0.4 is 19.5 Å². The molecular formula is C18H19NO5. The number of ketones is 1. The van der Waals surface area contributed by atoms with Gasteiger partial charge in [-0.1, -0.05) is 0 Å². The van der Waals surface area contributed by atoms with Gasteiger partial charge in [0.15, 0.2) is 5.78 Å². The first-order chi connectivity index (χ1) is 11.5. The summed E-state index contributed by atoms with van der Waals surface area (Å²) in [5.41, 5.74) is 1.24. The van der Waals surface area contributed by atoms with Crippen LogP contribution in [0.5, 0.6) is 17.2 Å². The van der Waals surface area contributed by atoms with Crippen molar-refractivity contribution in [3.63, 3.8) is 0 Å². The first kappa shape index (κ1) is 17.3. The maximum Gasteiger partial charge on any atom is 0.221 e. The summed E-state index contributed by atoms with van der Waals surface area (Å²) in [5, 5.41) is 2.65. The minimum atomic E-state index is -0.250. The van der Waals surface area contributed by atoms with Crippen molar-refractivity contribution in [3.8, 4) is 17.2 Å². The number of ether oxygens (including phenoxy) is 3. The molecule has 0 aliphatic rings. The smallest absolute Gasteiger partial charge is 0.221 e. The normalized spacial score (nSPS) is 10.0. The Morgan fingerprint density at radius 3 is 2.17 bits per heavy atom. The second kappa shape index (κ2) is 7.50. The molecule has 2 rings (SSSR count). The Morgan fingerprint density at radius 2 is 1.58 bits per heavy atom. The van der Waals surface area contributed by atoms with Gasteiger partial charge in [0, 0.05) is 18.6 Å². The Hall–Kier alpha value is -3.02. The summed E-state index contributed by atoms with van der Waals surface area (Å²) in [6.45, 7) is 1.39.